The van der Waals surface area contributed by atoms with Crippen LogP contribution in [0.4, 0.5) is 0 Å². The van der Waals surface area contributed by atoms with E-state index in [2.05, 4.69) is 17.1 Å². The number of likely N-dealkylation sites (tertiary alicyclic amines) is 1. The predicted octanol–water partition coefficient (Wildman–Crippen LogP) is 1.17. The van der Waals surface area contributed by atoms with Crippen LogP contribution in [0.5, 0.6) is 0 Å². The average Bonchev–Trinajstić information content (AvgIpc) is 2.40. The quantitative estimate of drug-likeness (QED) is 0.774. The second-order valence-corrected chi connectivity index (χ2v) is 5.26. The molecule has 0 aromatic carbocycles. The van der Waals surface area contributed by atoms with Crippen LogP contribution in [-0.4, -0.2) is 61.5 Å². The van der Waals surface area contributed by atoms with Crippen molar-refractivity contribution in [1.82, 2.24) is 15.1 Å². The van der Waals surface area contributed by atoms with E-state index < -0.39 is 0 Å². The van der Waals surface area contributed by atoms with E-state index in [4.69, 9.17) is 0 Å². The summed E-state index contributed by atoms with van der Waals surface area (Å²) in [6, 6.07) is 0.589. The highest BCUT2D eigenvalue weighted by Crippen LogP contribution is 2.20. The smallest absolute Gasteiger partial charge is 0.236 e. The molecule has 1 unspecified atom stereocenters. The van der Waals surface area contributed by atoms with Crippen molar-refractivity contribution in [3.05, 3.63) is 0 Å². The topological polar surface area (TPSA) is 35.6 Å². The first-order chi connectivity index (χ1) is 8.62. The van der Waals surface area contributed by atoms with E-state index in [0.717, 1.165) is 32.1 Å². The number of carbonyl (C=O) groups is 1. The molecule has 1 heterocycles. The Morgan fingerprint density at radius 2 is 1.89 bits per heavy atom. The van der Waals surface area contributed by atoms with E-state index >= 15 is 0 Å². The van der Waals surface area contributed by atoms with Gasteiger partial charge in [0.05, 0.1) is 6.54 Å². The van der Waals surface area contributed by atoms with Crippen LogP contribution in [-0.2, 0) is 4.79 Å². The Labute approximate surface area is 112 Å². The molecular weight excluding hydrogens is 226 g/mol. The lowest BCUT2D eigenvalue weighted by Gasteiger charge is -2.35. The maximum absolute atomic E-state index is 12.0. The molecule has 1 N–H and O–H groups in total. The first-order valence-electron chi connectivity index (χ1n) is 7.29. The minimum atomic E-state index is 0.278. The Morgan fingerprint density at radius 3 is 2.33 bits per heavy atom. The molecule has 1 fully saturated rings. The zero-order valence-corrected chi connectivity index (χ0v) is 12.4. The van der Waals surface area contributed by atoms with Crippen LogP contribution in [0, 0.1) is 5.92 Å². The lowest BCUT2D eigenvalue weighted by Crippen LogP contribution is -2.45. The number of nitrogens with zero attached hydrogens (tertiary/aromatic N) is 2. The summed E-state index contributed by atoms with van der Waals surface area (Å²) in [4.78, 5) is 16.2. The summed E-state index contributed by atoms with van der Waals surface area (Å²) >= 11 is 0. The first kappa shape index (κ1) is 15.4. The van der Waals surface area contributed by atoms with Crippen LogP contribution >= 0.6 is 0 Å². The number of hydrogen-bond donors (Lipinski definition) is 1. The second-order valence-electron chi connectivity index (χ2n) is 5.26. The van der Waals surface area contributed by atoms with E-state index in [0.29, 0.717) is 12.6 Å². The van der Waals surface area contributed by atoms with Crippen molar-refractivity contribution >= 4 is 5.91 Å². The van der Waals surface area contributed by atoms with E-state index in [1.54, 1.807) is 0 Å². The van der Waals surface area contributed by atoms with Gasteiger partial charge in [0.25, 0.3) is 0 Å². The molecule has 106 valence electrons. The van der Waals surface area contributed by atoms with Crippen LogP contribution < -0.4 is 5.32 Å². The minimum Gasteiger partial charge on any atom is -0.342 e. The van der Waals surface area contributed by atoms with Gasteiger partial charge in [-0.3, -0.25) is 9.69 Å². The standard InChI is InChI=1S/C14H29N3O/c1-5-17(6-2)14(18)11-16-9-7-13(8-10-16)12(3)15-4/h12-13,15H,5-11H2,1-4H3. The highest BCUT2D eigenvalue weighted by Gasteiger charge is 2.24. The van der Waals surface area contributed by atoms with Crippen molar-refractivity contribution in [2.75, 3.05) is 39.8 Å². The van der Waals surface area contributed by atoms with Crippen molar-refractivity contribution in [1.29, 1.82) is 0 Å². The number of hydrogen-bond acceptors (Lipinski definition) is 3. The fraction of sp³-hybridized carbons (Fsp3) is 0.929. The fourth-order valence-electron chi connectivity index (χ4n) is 2.71. The number of likely N-dealkylation sites (N-methyl/N-ethyl adjacent to an activating group) is 1. The molecule has 0 radical (unpaired) electrons. The third kappa shape index (κ3) is 4.25. The molecule has 1 aliphatic heterocycles. The van der Waals surface area contributed by atoms with Gasteiger partial charge in [-0.2, -0.15) is 0 Å². The lowest BCUT2D eigenvalue weighted by atomic mass is 9.90. The molecule has 0 aliphatic carbocycles. The Morgan fingerprint density at radius 1 is 1.33 bits per heavy atom. The maximum atomic E-state index is 12.0. The van der Waals surface area contributed by atoms with Gasteiger partial charge < -0.3 is 10.2 Å². The van der Waals surface area contributed by atoms with Crippen molar-refractivity contribution in [2.45, 2.75) is 39.7 Å². The van der Waals surface area contributed by atoms with Crippen LogP contribution in [0.15, 0.2) is 0 Å². The van der Waals surface area contributed by atoms with Gasteiger partial charge in [-0.05, 0) is 59.7 Å². The number of piperidine rings is 1. The summed E-state index contributed by atoms with van der Waals surface area (Å²) in [5.41, 5.74) is 0. The minimum absolute atomic E-state index is 0.278. The monoisotopic (exact) mass is 255 g/mol. The molecule has 18 heavy (non-hydrogen) atoms. The van der Waals surface area contributed by atoms with E-state index in [-0.39, 0.29) is 5.91 Å². The third-order valence-electron chi connectivity index (χ3n) is 4.27. The predicted molar refractivity (Wildman–Crippen MR) is 75.6 cm³/mol. The fourth-order valence-corrected chi connectivity index (χ4v) is 2.71. The summed E-state index contributed by atoms with van der Waals surface area (Å²) in [5, 5.41) is 3.33. The van der Waals surface area contributed by atoms with Crippen LogP contribution in [0.2, 0.25) is 0 Å². The molecule has 0 saturated carbocycles. The largest absolute Gasteiger partial charge is 0.342 e. The van der Waals surface area contributed by atoms with Gasteiger partial charge in [0.2, 0.25) is 5.91 Å². The number of nitrogens with one attached hydrogen (secondary N) is 1. The molecule has 1 amide bonds. The van der Waals surface area contributed by atoms with Crippen molar-refractivity contribution in [2.24, 2.45) is 5.92 Å². The van der Waals surface area contributed by atoms with E-state index in [1.165, 1.54) is 12.8 Å². The second kappa shape index (κ2) is 7.74. The van der Waals surface area contributed by atoms with Gasteiger partial charge in [0.15, 0.2) is 0 Å². The molecule has 1 atom stereocenters. The molecular formula is C14H29N3O. The Balaban J connectivity index is 2.33. The Bertz CT molecular complexity index is 245. The van der Waals surface area contributed by atoms with Crippen molar-refractivity contribution in [3.63, 3.8) is 0 Å². The Kier molecular flexibility index (Phi) is 6.65. The Hall–Kier alpha value is -0.610. The highest BCUT2D eigenvalue weighted by atomic mass is 16.2. The van der Waals surface area contributed by atoms with Gasteiger partial charge in [0, 0.05) is 19.1 Å². The van der Waals surface area contributed by atoms with Crippen LogP contribution in [0.25, 0.3) is 0 Å². The SMILES string of the molecule is CCN(CC)C(=O)CN1CCC(C(C)NC)CC1. The zero-order chi connectivity index (χ0) is 13.5. The summed E-state index contributed by atoms with van der Waals surface area (Å²) < 4.78 is 0. The normalized spacial score (nSPS) is 19.8. The molecule has 1 saturated heterocycles. The average molecular weight is 255 g/mol. The number of carbonyl (C=O) groups excluding carboxylic acids is 1. The molecule has 1 aliphatic rings. The molecule has 0 spiro atoms. The zero-order valence-electron chi connectivity index (χ0n) is 12.4. The van der Waals surface area contributed by atoms with Crippen molar-refractivity contribution in [3.8, 4) is 0 Å². The molecule has 0 aromatic heterocycles. The first-order valence-corrected chi connectivity index (χ1v) is 7.29. The van der Waals surface area contributed by atoms with Crippen LogP contribution in [0.3, 0.4) is 0 Å². The molecule has 4 nitrogen and oxygen atoms in total. The lowest BCUT2D eigenvalue weighted by molar-refractivity contribution is -0.132. The highest BCUT2D eigenvalue weighted by molar-refractivity contribution is 5.78. The molecule has 1 rings (SSSR count). The van der Waals surface area contributed by atoms with E-state index in [9.17, 15) is 4.79 Å². The maximum Gasteiger partial charge on any atom is 0.236 e. The molecule has 4 heteroatoms. The molecule has 0 aromatic rings. The summed E-state index contributed by atoms with van der Waals surface area (Å²) in [6.45, 7) is 10.7. The van der Waals surface area contributed by atoms with Gasteiger partial charge in [-0.1, -0.05) is 0 Å². The third-order valence-corrected chi connectivity index (χ3v) is 4.27. The van der Waals surface area contributed by atoms with Crippen LogP contribution in [0.1, 0.15) is 33.6 Å². The van der Waals surface area contributed by atoms with E-state index in [1.807, 2.05) is 25.8 Å². The number of rotatable bonds is 6. The van der Waals surface area contributed by atoms with Gasteiger partial charge in [0.1, 0.15) is 0 Å². The van der Waals surface area contributed by atoms with Crippen molar-refractivity contribution < 1.29 is 4.79 Å². The summed E-state index contributed by atoms with van der Waals surface area (Å²) in [5.74, 6) is 1.04. The number of amides is 1. The van der Waals surface area contributed by atoms with Gasteiger partial charge in [-0.15, -0.1) is 0 Å². The summed E-state index contributed by atoms with van der Waals surface area (Å²) in [7, 11) is 2.03. The molecule has 0 bridgehead atoms. The van der Waals surface area contributed by atoms with Gasteiger partial charge in [-0.25, -0.2) is 0 Å². The van der Waals surface area contributed by atoms with Gasteiger partial charge >= 0.3 is 0 Å². The summed E-state index contributed by atoms with van der Waals surface area (Å²) in [6.07, 6.45) is 2.40.